The maximum absolute atomic E-state index is 13.3. The third-order valence-electron chi connectivity index (χ3n) is 4.60. The Morgan fingerprint density at radius 2 is 1.74 bits per heavy atom. The second-order valence-corrected chi connectivity index (χ2v) is 10.3. The Morgan fingerprint density at radius 1 is 1.03 bits per heavy atom. The summed E-state index contributed by atoms with van der Waals surface area (Å²) in [6.07, 6.45) is 1.13. The molecule has 0 bridgehead atoms. The lowest BCUT2D eigenvalue weighted by molar-refractivity contribution is -0.384. The molecule has 3 rings (SSSR count). The van der Waals surface area contributed by atoms with E-state index in [2.05, 4.69) is 10.5 Å². The first-order valence-electron chi connectivity index (χ1n) is 9.82. The molecule has 3 aromatic rings. The summed E-state index contributed by atoms with van der Waals surface area (Å²) in [4.78, 5) is 22.9. The van der Waals surface area contributed by atoms with E-state index in [1.54, 1.807) is 24.3 Å². The van der Waals surface area contributed by atoms with E-state index >= 15 is 0 Å². The van der Waals surface area contributed by atoms with Crippen molar-refractivity contribution in [3.63, 3.8) is 0 Å². The normalized spacial score (nSPS) is 11.7. The van der Waals surface area contributed by atoms with Crippen LogP contribution in [0.2, 0.25) is 15.1 Å². The Labute approximate surface area is 216 Å². The van der Waals surface area contributed by atoms with E-state index in [1.807, 2.05) is 0 Å². The van der Waals surface area contributed by atoms with Gasteiger partial charge in [0.2, 0.25) is 10.0 Å². The first kappa shape index (κ1) is 26.6. The third kappa shape index (κ3) is 7.23. The molecule has 9 nitrogen and oxygen atoms in total. The van der Waals surface area contributed by atoms with Crippen molar-refractivity contribution in [2.45, 2.75) is 11.4 Å². The Morgan fingerprint density at radius 3 is 2.40 bits per heavy atom. The molecule has 182 valence electrons. The molecule has 0 aliphatic heterocycles. The fourth-order valence-corrected chi connectivity index (χ4v) is 4.82. The second-order valence-electron chi connectivity index (χ2n) is 7.11. The van der Waals surface area contributed by atoms with Crippen LogP contribution in [-0.2, 0) is 21.4 Å². The minimum Gasteiger partial charge on any atom is -0.272 e. The van der Waals surface area contributed by atoms with Gasteiger partial charge < -0.3 is 0 Å². The maximum Gasteiger partial charge on any atom is 0.270 e. The summed E-state index contributed by atoms with van der Waals surface area (Å²) in [5.41, 5.74) is 2.78. The van der Waals surface area contributed by atoms with Gasteiger partial charge >= 0.3 is 0 Å². The van der Waals surface area contributed by atoms with Gasteiger partial charge in [0.15, 0.2) is 0 Å². The van der Waals surface area contributed by atoms with Gasteiger partial charge in [-0.25, -0.2) is 13.8 Å². The lowest BCUT2D eigenvalue weighted by Gasteiger charge is -2.21. The zero-order valence-corrected chi connectivity index (χ0v) is 20.9. The summed E-state index contributed by atoms with van der Waals surface area (Å²) in [5, 5.41) is 15.6. The van der Waals surface area contributed by atoms with Crippen LogP contribution in [0.5, 0.6) is 0 Å². The lowest BCUT2D eigenvalue weighted by atomic mass is 10.2. The number of carbonyl (C=O) groups excluding carboxylic acids is 1. The quantitative estimate of drug-likeness (QED) is 0.229. The van der Waals surface area contributed by atoms with Crippen LogP contribution in [0.1, 0.15) is 11.1 Å². The number of hydrogen-bond acceptors (Lipinski definition) is 6. The van der Waals surface area contributed by atoms with E-state index in [0.717, 1.165) is 10.5 Å². The predicted molar refractivity (Wildman–Crippen MR) is 134 cm³/mol. The van der Waals surface area contributed by atoms with E-state index < -0.39 is 27.4 Å². The molecular formula is C22H17Cl3N4O5S. The zero-order chi connectivity index (χ0) is 25.6. The summed E-state index contributed by atoms with van der Waals surface area (Å²) in [6.45, 7) is -0.711. The van der Waals surface area contributed by atoms with Gasteiger partial charge in [-0.05, 0) is 48.0 Å². The Hall–Kier alpha value is -3.02. The second kappa shape index (κ2) is 11.6. The number of rotatable bonds is 9. The van der Waals surface area contributed by atoms with E-state index in [9.17, 15) is 23.3 Å². The van der Waals surface area contributed by atoms with Gasteiger partial charge in [0.05, 0.1) is 22.6 Å². The van der Waals surface area contributed by atoms with Crippen molar-refractivity contribution in [2.24, 2.45) is 5.10 Å². The van der Waals surface area contributed by atoms with Crippen molar-refractivity contribution in [1.29, 1.82) is 0 Å². The molecule has 0 radical (unpaired) electrons. The van der Waals surface area contributed by atoms with Crippen molar-refractivity contribution >= 4 is 62.6 Å². The molecule has 0 unspecified atom stereocenters. The highest BCUT2D eigenvalue weighted by molar-refractivity contribution is 7.89. The van der Waals surface area contributed by atoms with Crippen molar-refractivity contribution < 1.29 is 18.1 Å². The number of nitrogens with zero attached hydrogens (tertiary/aromatic N) is 3. The summed E-state index contributed by atoms with van der Waals surface area (Å²) in [7, 11) is -4.10. The summed E-state index contributed by atoms with van der Waals surface area (Å²) in [5.74, 6) is -0.748. The van der Waals surface area contributed by atoms with Crippen molar-refractivity contribution in [2.75, 3.05) is 6.54 Å². The monoisotopic (exact) mass is 554 g/mol. The average Bonchev–Trinajstić information content (AvgIpc) is 2.80. The van der Waals surface area contributed by atoms with Crippen molar-refractivity contribution in [3.8, 4) is 0 Å². The highest BCUT2D eigenvalue weighted by atomic mass is 35.5. The highest BCUT2D eigenvalue weighted by Crippen LogP contribution is 2.22. The highest BCUT2D eigenvalue weighted by Gasteiger charge is 2.27. The van der Waals surface area contributed by atoms with Crippen LogP contribution in [0.4, 0.5) is 5.69 Å². The average molecular weight is 556 g/mol. The predicted octanol–water partition coefficient (Wildman–Crippen LogP) is 4.90. The standard InChI is InChI=1S/C22H17Cl3N4O5S/c23-17-4-7-20(8-5-17)35(33,34)28(13-15-2-1-3-18(24)10-15)14-22(30)27-26-12-16-11-19(29(31)32)6-9-21(16)25/h1-12H,13-14H2,(H,27,30)/b26-12-. The molecule has 0 aromatic heterocycles. The molecule has 13 heteroatoms. The number of nitro groups is 1. The van der Waals surface area contributed by atoms with Crippen LogP contribution in [0.3, 0.4) is 0 Å². The summed E-state index contributed by atoms with van der Waals surface area (Å²) in [6, 6.07) is 15.9. The number of benzene rings is 3. The Kier molecular flexibility index (Phi) is 8.82. The van der Waals surface area contributed by atoms with Gasteiger partial charge in [-0.3, -0.25) is 14.9 Å². The van der Waals surface area contributed by atoms with Gasteiger partial charge in [-0.15, -0.1) is 0 Å². The molecule has 0 aliphatic carbocycles. The van der Waals surface area contributed by atoms with Gasteiger partial charge in [-0.2, -0.15) is 9.41 Å². The van der Waals surface area contributed by atoms with Crippen LogP contribution >= 0.6 is 34.8 Å². The smallest absolute Gasteiger partial charge is 0.270 e. The van der Waals surface area contributed by atoms with Crippen LogP contribution in [0.15, 0.2) is 76.7 Å². The van der Waals surface area contributed by atoms with Gasteiger partial charge in [0.25, 0.3) is 11.6 Å². The van der Waals surface area contributed by atoms with Crippen molar-refractivity contribution in [1.82, 2.24) is 9.73 Å². The molecule has 0 fully saturated rings. The largest absolute Gasteiger partial charge is 0.272 e. The number of nitro benzene ring substituents is 1. The fraction of sp³-hybridized carbons (Fsp3) is 0.0909. The third-order valence-corrected chi connectivity index (χ3v) is 7.24. The SMILES string of the molecule is O=C(CN(Cc1cccc(Cl)c1)S(=O)(=O)c1ccc(Cl)cc1)N/N=C\c1cc([N+](=O)[O-])ccc1Cl. The number of carbonyl (C=O) groups is 1. The van der Waals surface area contributed by atoms with E-state index in [1.165, 1.54) is 42.5 Å². The lowest BCUT2D eigenvalue weighted by Crippen LogP contribution is -2.39. The Bertz CT molecular complexity index is 1380. The summed E-state index contributed by atoms with van der Waals surface area (Å²) >= 11 is 17.9. The minimum absolute atomic E-state index is 0.0522. The number of sulfonamides is 1. The van der Waals surface area contributed by atoms with Crippen molar-refractivity contribution in [3.05, 3.63) is 103 Å². The molecule has 1 amide bonds. The number of amides is 1. The molecule has 35 heavy (non-hydrogen) atoms. The molecule has 0 saturated heterocycles. The number of halogens is 3. The zero-order valence-electron chi connectivity index (χ0n) is 17.8. The number of hydrogen-bond donors (Lipinski definition) is 1. The molecular weight excluding hydrogens is 539 g/mol. The molecule has 0 atom stereocenters. The molecule has 3 aromatic carbocycles. The first-order valence-corrected chi connectivity index (χ1v) is 12.4. The van der Waals surface area contributed by atoms with Crippen LogP contribution < -0.4 is 5.43 Å². The topological polar surface area (TPSA) is 122 Å². The fourth-order valence-electron chi connectivity index (χ4n) is 2.93. The van der Waals surface area contributed by atoms with Gasteiger partial charge in [-0.1, -0.05) is 46.9 Å². The molecule has 0 saturated carbocycles. The van der Waals surface area contributed by atoms with Crippen LogP contribution in [0.25, 0.3) is 0 Å². The molecule has 0 heterocycles. The minimum atomic E-state index is -4.10. The van der Waals surface area contributed by atoms with Crippen LogP contribution in [-0.4, -0.2) is 36.3 Å². The van der Waals surface area contributed by atoms with E-state index in [4.69, 9.17) is 34.8 Å². The molecule has 1 N–H and O–H groups in total. The number of nitrogens with one attached hydrogen (secondary N) is 1. The van der Waals surface area contributed by atoms with Crippen LogP contribution in [0, 0.1) is 10.1 Å². The number of hydrazone groups is 1. The van der Waals surface area contributed by atoms with Gasteiger partial charge in [0, 0.05) is 39.3 Å². The number of non-ortho nitro benzene ring substituents is 1. The van der Waals surface area contributed by atoms with E-state index in [-0.39, 0.29) is 27.7 Å². The molecule has 0 spiro atoms. The molecule has 0 aliphatic rings. The Balaban J connectivity index is 1.81. The maximum atomic E-state index is 13.3. The first-order chi connectivity index (χ1) is 16.6. The van der Waals surface area contributed by atoms with E-state index in [0.29, 0.717) is 15.6 Å². The summed E-state index contributed by atoms with van der Waals surface area (Å²) < 4.78 is 27.5. The van der Waals surface area contributed by atoms with Gasteiger partial charge in [0.1, 0.15) is 0 Å².